The summed E-state index contributed by atoms with van der Waals surface area (Å²) in [5.74, 6) is -3.05. The van der Waals surface area contributed by atoms with Gasteiger partial charge in [0.25, 0.3) is 0 Å². The molecule has 4 unspecified atom stereocenters. The lowest BCUT2D eigenvalue weighted by atomic mass is 10.0. The molecule has 0 aliphatic heterocycles. The number of hydrogen-bond donors (Lipinski definition) is 8. The molecular weight excluding hydrogens is 528 g/mol. The minimum atomic E-state index is -1.28. The molecule has 0 spiro atoms. The Bertz CT molecular complexity index is 1340. The summed E-state index contributed by atoms with van der Waals surface area (Å²) in [6.07, 6.45) is 3.17. The van der Waals surface area contributed by atoms with Gasteiger partial charge in [0.2, 0.25) is 17.7 Å². The fourth-order valence-electron chi connectivity index (χ4n) is 4.41. The molecule has 3 rings (SSSR count). The number of carboxylic acid groups (broad SMARTS) is 1. The average molecular weight is 567 g/mol. The molecule has 0 saturated heterocycles. The van der Waals surface area contributed by atoms with Gasteiger partial charge in [-0.1, -0.05) is 30.3 Å². The number of aliphatic carboxylic acids is 1. The third-order valence-electron chi connectivity index (χ3n) is 6.72. The second-order valence-electron chi connectivity index (χ2n) is 10.0. The van der Waals surface area contributed by atoms with Gasteiger partial charge in [-0.2, -0.15) is 0 Å². The van der Waals surface area contributed by atoms with E-state index in [0.29, 0.717) is 30.5 Å². The molecule has 3 amide bonds. The van der Waals surface area contributed by atoms with Crippen LogP contribution in [0.15, 0.2) is 54.7 Å². The van der Waals surface area contributed by atoms with Crippen molar-refractivity contribution in [2.24, 2.45) is 11.5 Å². The first kappa shape index (κ1) is 31.1. The summed E-state index contributed by atoms with van der Waals surface area (Å²) in [5, 5.41) is 28.3. The normalized spacial score (nSPS) is 14.0. The van der Waals surface area contributed by atoms with Crippen LogP contribution in [-0.2, 0) is 32.0 Å². The number of carboxylic acids is 1. The summed E-state index contributed by atoms with van der Waals surface area (Å²) in [6.45, 7) is 1.90. The van der Waals surface area contributed by atoms with E-state index < -0.39 is 47.9 Å². The zero-order chi connectivity index (χ0) is 29.9. The van der Waals surface area contributed by atoms with E-state index in [1.54, 1.807) is 18.3 Å². The van der Waals surface area contributed by atoms with Crippen LogP contribution < -0.4 is 27.4 Å². The maximum absolute atomic E-state index is 13.5. The van der Waals surface area contributed by atoms with Crippen LogP contribution in [0.4, 0.5) is 0 Å². The molecule has 2 aromatic carbocycles. The predicted octanol–water partition coefficient (Wildman–Crippen LogP) is 0.674. The molecule has 0 aliphatic rings. The van der Waals surface area contributed by atoms with Gasteiger partial charge in [-0.3, -0.25) is 14.4 Å². The molecule has 12 nitrogen and oxygen atoms in total. The van der Waals surface area contributed by atoms with Gasteiger partial charge in [0, 0.05) is 29.9 Å². The molecule has 1 aromatic heterocycles. The Kier molecular flexibility index (Phi) is 11.2. The van der Waals surface area contributed by atoms with E-state index in [4.69, 9.17) is 11.5 Å². The number of aromatic amines is 1. The highest BCUT2D eigenvalue weighted by atomic mass is 16.4. The molecule has 4 atom stereocenters. The molecular formula is C29H38N6O6. The number of carbonyl (C=O) groups excluding carboxylic acids is 3. The minimum Gasteiger partial charge on any atom is -0.508 e. The third kappa shape index (κ3) is 9.05. The summed E-state index contributed by atoms with van der Waals surface area (Å²) in [4.78, 5) is 54.4. The van der Waals surface area contributed by atoms with Crippen LogP contribution in [0.2, 0.25) is 0 Å². The van der Waals surface area contributed by atoms with Crippen molar-refractivity contribution in [2.75, 3.05) is 6.54 Å². The first-order valence-corrected chi connectivity index (χ1v) is 13.5. The number of fused-ring (bicyclic) bond motifs is 1. The number of phenols is 1. The van der Waals surface area contributed by atoms with Crippen LogP contribution in [-0.4, -0.2) is 69.6 Å². The van der Waals surface area contributed by atoms with Crippen molar-refractivity contribution in [1.82, 2.24) is 20.9 Å². The van der Waals surface area contributed by atoms with E-state index in [1.807, 2.05) is 24.3 Å². The van der Waals surface area contributed by atoms with Crippen LogP contribution in [0.5, 0.6) is 5.75 Å². The highest BCUT2D eigenvalue weighted by Crippen LogP contribution is 2.19. The monoisotopic (exact) mass is 566 g/mol. The highest BCUT2D eigenvalue weighted by molar-refractivity contribution is 5.94. The lowest BCUT2D eigenvalue weighted by molar-refractivity contribution is -0.142. The Morgan fingerprint density at radius 2 is 1.49 bits per heavy atom. The number of benzene rings is 2. The second-order valence-corrected chi connectivity index (χ2v) is 10.0. The van der Waals surface area contributed by atoms with Crippen molar-refractivity contribution >= 4 is 34.6 Å². The Balaban J connectivity index is 1.82. The number of unbranched alkanes of at least 4 members (excludes halogenated alkanes) is 1. The van der Waals surface area contributed by atoms with Crippen molar-refractivity contribution < 1.29 is 29.4 Å². The molecule has 0 bridgehead atoms. The van der Waals surface area contributed by atoms with Gasteiger partial charge >= 0.3 is 5.97 Å². The van der Waals surface area contributed by atoms with E-state index in [9.17, 15) is 29.4 Å². The van der Waals surface area contributed by atoms with E-state index in [-0.39, 0.29) is 25.0 Å². The number of rotatable bonds is 15. The van der Waals surface area contributed by atoms with Gasteiger partial charge in [-0.05, 0) is 62.1 Å². The smallest absolute Gasteiger partial charge is 0.326 e. The Morgan fingerprint density at radius 3 is 2.15 bits per heavy atom. The number of aromatic nitrogens is 1. The number of nitrogens with one attached hydrogen (secondary N) is 4. The first-order chi connectivity index (χ1) is 19.6. The molecule has 0 radical (unpaired) electrons. The Morgan fingerprint density at radius 1 is 0.854 bits per heavy atom. The van der Waals surface area contributed by atoms with Gasteiger partial charge in [0.05, 0.1) is 6.04 Å². The third-order valence-corrected chi connectivity index (χ3v) is 6.72. The fraction of sp³-hybridized carbons (Fsp3) is 0.379. The number of aromatic hydroxyl groups is 1. The Hall–Kier alpha value is -4.42. The number of carbonyl (C=O) groups is 4. The van der Waals surface area contributed by atoms with Gasteiger partial charge in [-0.15, -0.1) is 0 Å². The van der Waals surface area contributed by atoms with Gasteiger partial charge in [0.1, 0.15) is 23.9 Å². The summed E-state index contributed by atoms with van der Waals surface area (Å²) in [6, 6.07) is 9.22. The number of H-pyrrole nitrogens is 1. The van der Waals surface area contributed by atoms with E-state index in [2.05, 4.69) is 20.9 Å². The largest absolute Gasteiger partial charge is 0.508 e. The number of nitrogens with two attached hydrogens (primary N) is 2. The van der Waals surface area contributed by atoms with Crippen molar-refractivity contribution in [3.63, 3.8) is 0 Å². The van der Waals surface area contributed by atoms with E-state index >= 15 is 0 Å². The lowest BCUT2D eigenvalue weighted by Gasteiger charge is -2.25. The molecule has 41 heavy (non-hydrogen) atoms. The summed E-state index contributed by atoms with van der Waals surface area (Å²) in [5.41, 5.74) is 13.4. The van der Waals surface area contributed by atoms with Crippen molar-refractivity contribution in [3.05, 3.63) is 65.9 Å². The second kappa shape index (κ2) is 14.8. The standard InChI is InChI=1S/C29H38N6O6/c1-17(31)26(37)33-23(8-4-5-13-30)27(38)34-24(14-18-9-11-20(36)12-10-18)28(39)35-25(29(40)41)15-19-16-32-22-7-3-2-6-21(19)22/h2-3,6-7,9-12,16-17,23-25,32,36H,4-5,8,13-15,30-31H2,1H3,(H,33,37)(H,34,38)(H,35,39)(H,40,41). The molecule has 0 saturated carbocycles. The fourth-order valence-corrected chi connectivity index (χ4v) is 4.41. The summed E-state index contributed by atoms with van der Waals surface area (Å²) in [7, 11) is 0. The van der Waals surface area contributed by atoms with Gasteiger partial charge in [0.15, 0.2) is 0 Å². The molecule has 0 fully saturated rings. The minimum absolute atomic E-state index is 0.00797. The molecule has 10 N–H and O–H groups in total. The van der Waals surface area contributed by atoms with Crippen LogP contribution >= 0.6 is 0 Å². The van der Waals surface area contributed by atoms with Gasteiger partial charge < -0.3 is 42.6 Å². The number of phenolic OH excluding ortho intramolecular Hbond substituents is 1. The van der Waals surface area contributed by atoms with Crippen LogP contribution in [0.3, 0.4) is 0 Å². The molecule has 12 heteroatoms. The van der Waals surface area contributed by atoms with Crippen LogP contribution in [0.1, 0.15) is 37.3 Å². The van der Waals surface area contributed by atoms with Crippen molar-refractivity contribution in [3.8, 4) is 5.75 Å². The summed E-state index contributed by atoms with van der Waals surface area (Å²) < 4.78 is 0. The number of amides is 3. The Labute approximate surface area is 237 Å². The predicted molar refractivity (Wildman–Crippen MR) is 154 cm³/mol. The molecule has 0 aliphatic carbocycles. The zero-order valence-corrected chi connectivity index (χ0v) is 22.9. The van der Waals surface area contributed by atoms with E-state index in [0.717, 1.165) is 10.9 Å². The van der Waals surface area contributed by atoms with E-state index in [1.165, 1.54) is 19.1 Å². The zero-order valence-electron chi connectivity index (χ0n) is 22.9. The highest BCUT2D eigenvalue weighted by Gasteiger charge is 2.30. The summed E-state index contributed by atoms with van der Waals surface area (Å²) >= 11 is 0. The molecule has 220 valence electrons. The maximum atomic E-state index is 13.5. The van der Waals surface area contributed by atoms with Crippen molar-refractivity contribution in [2.45, 2.75) is 63.2 Å². The topological polar surface area (TPSA) is 213 Å². The van der Waals surface area contributed by atoms with Gasteiger partial charge in [-0.25, -0.2) is 4.79 Å². The first-order valence-electron chi connectivity index (χ1n) is 13.5. The average Bonchev–Trinajstić information content (AvgIpc) is 3.35. The van der Waals surface area contributed by atoms with Crippen LogP contribution in [0.25, 0.3) is 10.9 Å². The number of para-hydroxylation sites is 1. The number of hydrogen-bond acceptors (Lipinski definition) is 7. The van der Waals surface area contributed by atoms with Crippen molar-refractivity contribution in [1.29, 1.82) is 0 Å². The molecule has 3 aromatic rings. The SMILES string of the molecule is CC(N)C(=O)NC(CCCCN)C(=O)NC(Cc1ccc(O)cc1)C(=O)NC(Cc1c[nH]c2ccccc12)C(=O)O. The lowest BCUT2D eigenvalue weighted by Crippen LogP contribution is -2.57. The quantitative estimate of drug-likeness (QED) is 0.122. The maximum Gasteiger partial charge on any atom is 0.326 e. The molecule has 1 heterocycles. The van der Waals surface area contributed by atoms with Crippen LogP contribution in [0, 0.1) is 0 Å².